The second-order valence-corrected chi connectivity index (χ2v) is 8.29. The van der Waals surface area contributed by atoms with E-state index in [0.29, 0.717) is 45.4 Å². The van der Waals surface area contributed by atoms with E-state index >= 15 is 0 Å². The summed E-state index contributed by atoms with van der Waals surface area (Å²) in [6, 6.07) is 15.9. The van der Waals surface area contributed by atoms with Crippen LogP contribution >= 0.6 is 0 Å². The fourth-order valence-electron chi connectivity index (χ4n) is 4.61. The van der Waals surface area contributed by atoms with Crippen molar-refractivity contribution in [2.75, 3.05) is 19.6 Å². The number of halogens is 1. The van der Waals surface area contributed by atoms with Gasteiger partial charge < -0.3 is 15.1 Å². The molecule has 0 saturated carbocycles. The summed E-state index contributed by atoms with van der Waals surface area (Å²) in [6.45, 7) is 4.05. The topological polar surface area (TPSA) is 64.7 Å². The van der Waals surface area contributed by atoms with Gasteiger partial charge in [-0.05, 0) is 36.6 Å². The molecule has 6 nitrogen and oxygen atoms in total. The van der Waals surface area contributed by atoms with Gasteiger partial charge in [0.25, 0.3) is 0 Å². The van der Waals surface area contributed by atoms with E-state index in [0.717, 1.165) is 11.1 Å². The number of hydrogen-bond donors (Lipinski definition) is 2. The van der Waals surface area contributed by atoms with Crippen LogP contribution in [0.4, 0.5) is 9.18 Å². The Labute approximate surface area is 182 Å². The molecule has 2 saturated heterocycles. The summed E-state index contributed by atoms with van der Waals surface area (Å²) in [5.41, 5.74) is 1.49. The average Bonchev–Trinajstić information content (AvgIpc) is 3.02. The molecule has 0 unspecified atom stereocenters. The van der Waals surface area contributed by atoms with Crippen molar-refractivity contribution < 1.29 is 14.0 Å². The van der Waals surface area contributed by atoms with Gasteiger partial charge in [-0.3, -0.25) is 10.1 Å². The lowest BCUT2D eigenvalue weighted by molar-refractivity contribution is -0.134. The molecule has 4 rings (SSSR count). The maximum atomic E-state index is 13.5. The molecule has 1 spiro atoms. The van der Waals surface area contributed by atoms with Crippen LogP contribution in [-0.2, 0) is 17.8 Å². The Morgan fingerprint density at radius 1 is 1.10 bits per heavy atom. The molecule has 2 aliphatic heterocycles. The molecule has 0 radical (unpaired) electrons. The number of carbonyl (C=O) groups is 2. The molecular formula is C24H29FN4O2. The van der Waals surface area contributed by atoms with Crippen molar-refractivity contribution >= 4 is 11.9 Å². The monoisotopic (exact) mass is 424 g/mol. The predicted molar refractivity (Wildman–Crippen MR) is 117 cm³/mol. The molecule has 2 aromatic rings. The molecule has 2 heterocycles. The first-order valence-electron chi connectivity index (χ1n) is 10.9. The summed E-state index contributed by atoms with van der Waals surface area (Å²) >= 11 is 0. The zero-order chi connectivity index (χ0) is 21.8. The number of likely N-dealkylation sites (tertiary alicyclic amines) is 1. The van der Waals surface area contributed by atoms with Crippen LogP contribution in [0.15, 0.2) is 54.6 Å². The van der Waals surface area contributed by atoms with Gasteiger partial charge in [-0.15, -0.1) is 0 Å². The Morgan fingerprint density at radius 2 is 1.77 bits per heavy atom. The third-order valence-corrected chi connectivity index (χ3v) is 6.27. The van der Waals surface area contributed by atoms with Gasteiger partial charge in [0.15, 0.2) is 0 Å². The average molecular weight is 425 g/mol. The van der Waals surface area contributed by atoms with E-state index < -0.39 is 5.66 Å². The van der Waals surface area contributed by atoms with Crippen molar-refractivity contribution in [3.8, 4) is 0 Å². The zero-order valence-electron chi connectivity index (χ0n) is 17.8. The maximum Gasteiger partial charge on any atom is 0.317 e. The highest BCUT2D eigenvalue weighted by molar-refractivity contribution is 5.85. The molecule has 2 aliphatic rings. The molecule has 2 aromatic carbocycles. The lowest BCUT2D eigenvalue weighted by atomic mass is 9.95. The number of hydrogen-bond acceptors (Lipinski definition) is 3. The van der Waals surface area contributed by atoms with Gasteiger partial charge in [-0.25, -0.2) is 9.18 Å². The van der Waals surface area contributed by atoms with Crippen LogP contribution in [0.2, 0.25) is 0 Å². The smallest absolute Gasteiger partial charge is 0.317 e. The van der Waals surface area contributed by atoms with E-state index in [-0.39, 0.29) is 23.8 Å². The number of urea groups is 1. The van der Waals surface area contributed by atoms with E-state index in [2.05, 4.69) is 10.6 Å². The summed E-state index contributed by atoms with van der Waals surface area (Å²) in [5.74, 6) is -0.235. The van der Waals surface area contributed by atoms with E-state index in [1.807, 2.05) is 47.1 Å². The van der Waals surface area contributed by atoms with Crippen molar-refractivity contribution in [1.82, 2.24) is 20.4 Å². The molecule has 1 atom stereocenters. The number of nitrogens with zero attached hydrogens (tertiary/aromatic N) is 2. The third-order valence-electron chi connectivity index (χ3n) is 6.27. The Bertz CT molecular complexity index is 911. The van der Waals surface area contributed by atoms with Gasteiger partial charge in [-0.2, -0.15) is 0 Å². The number of piperidine rings is 1. The first-order chi connectivity index (χ1) is 15.0. The summed E-state index contributed by atoms with van der Waals surface area (Å²) in [7, 11) is 0. The van der Waals surface area contributed by atoms with Crippen LogP contribution in [0, 0.1) is 5.82 Å². The fraction of sp³-hybridized carbons (Fsp3) is 0.417. The summed E-state index contributed by atoms with van der Waals surface area (Å²) in [4.78, 5) is 29.4. The van der Waals surface area contributed by atoms with Crippen molar-refractivity contribution in [1.29, 1.82) is 0 Å². The molecule has 0 bridgehead atoms. The highest BCUT2D eigenvalue weighted by Gasteiger charge is 2.51. The Kier molecular flexibility index (Phi) is 6.23. The van der Waals surface area contributed by atoms with Crippen LogP contribution < -0.4 is 10.6 Å². The molecule has 164 valence electrons. The molecular weight excluding hydrogens is 395 g/mol. The molecule has 2 fully saturated rings. The minimum Gasteiger partial charge on any atom is -0.338 e. The van der Waals surface area contributed by atoms with Gasteiger partial charge >= 0.3 is 6.03 Å². The van der Waals surface area contributed by atoms with Gasteiger partial charge in [0.2, 0.25) is 5.91 Å². The third kappa shape index (κ3) is 4.56. The van der Waals surface area contributed by atoms with Crippen LogP contribution in [0.5, 0.6) is 0 Å². The minimum absolute atomic E-state index is 0.0552. The van der Waals surface area contributed by atoms with Crippen LogP contribution in [0.1, 0.15) is 30.9 Å². The molecule has 0 aliphatic carbocycles. The molecule has 2 N–H and O–H groups in total. The Hall–Kier alpha value is -2.93. The van der Waals surface area contributed by atoms with E-state index in [9.17, 15) is 14.0 Å². The number of carbonyl (C=O) groups excluding carboxylic acids is 2. The number of nitrogens with one attached hydrogen (secondary N) is 2. The minimum atomic E-state index is -0.506. The highest BCUT2D eigenvalue weighted by atomic mass is 19.1. The Morgan fingerprint density at radius 3 is 2.42 bits per heavy atom. The van der Waals surface area contributed by atoms with Gasteiger partial charge in [0.05, 0.1) is 11.7 Å². The van der Waals surface area contributed by atoms with Gasteiger partial charge in [0.1, 0.15) is 5.82 Å². The lowest BCUT2D eigenvalue weighted by Crippen LogP contribution is -2.60. The normalized spacial score (nSPS) is 20.3. The first kappa shape index (κ1) is 21.3. The molecule has 3 amide bonds. The second-order valence-electron chi connectivity index (χ2n) is 8.29. The highest BCUT2D eigenvalue weighted by Crippen LogP contribution is 2.34. The van der Waals surface area contributed by atoms with Crippen molar-refractivity contribution in [3.05, 3.63) is 71.5 Å². The first-order valence-corrected chi connectivity index (χ1v) is 10.9. The second kappa shape index (κ2) is 9.06. The zero-order valence-corrected chi connectivity index (χ0v) is 17.8. The predicted octanol–water partition coefficient (Wildman–Crippen LogP) is 2.89. The van der Waals surface area contributed by atoms with Crippen LogP contribution in [0.25, 0.3) is 0 Å². The van der Waals surface area contributed by atoms with E-state index in [1.54, 1.807) is 12.1 Å². The fourth-order valence-corrected chi connectivity index (χ4v) is 4.61. The maximum absolute atomic E-state index is 13.5. The largest absolute Gasteiger partial charge is 0.338 e. The van der Waals surface area contributed by atoms with Gasteiger partial charge in [0, 0.05) is 39.0 Å². The quantitative estimate of drug-likeness (QED) is 0.776. The lowest BCUT2D eigenvalue weighted by Gasteiger charge is -2.44. The van der Waals surface area contributed by atoms with Crippen molar-refractivity contribution in [3.63, 3.8) is 0 Å². The molecule has 31 heavy (non-hydrogen) atoms. The molecule has 7 heteroatoms. The van der Waals surface area contributed by atoms with Crippen LogP contribution in [0.3, 0.4) is 0 Å². The van der Waals surface area contributed by atoms with Crippen molar-refractivity contribution in [2.45, 2.75) is 44.4 Å². The summed E-state index contributed by atoms with van der Waals surface area (Å²) < 4.78 is 13.4. The number of rotatable bonds is 5. The summed E-state index contributed by atoms with van der Waals surface area (Å²) in [6.07, 6.45) is 1.92. The van der Waals surface area contributed by atoms with E-state index in [4.69, 9.17) is 0 Å². The van der Waals surface area contributed by atoms with E-state index in [1.165, 1.54) is 12.1 Å². The van der Waals surface area contributed by atoms with Gasteiger partial charge in [-0.1, -0.05) is 42.5 Å². The molecule has 0 aromatic heterocycles. The van der Waals surface area contributed by atoms with Crippen LogP contribution in [-0.4, -0.2) is 53.1 Å². The standard InChI is InChI=1S/C24H29FN4O2/c1-2-26-23(31)28-14-12-24(13-15-28)27-21(16-18-6-4-3-5-7-18)22(30)29(24)17-19-8-10-20(25)11-9-19/h3-11,21,27H,2,12-17H2,1H3,(H,26,31)/t21-/m1/s1. The number of benzene rings is 2. The van der Waals surface area contributed by atoms with Crippen molar-refractivity contribution in [2.24, 2.45) is 0 Å². The number of amides is 3. The Balaban J connectivity index is 1.55. The summed E-state index contributed by atoms with van der Waals surface area (Å²) in [5, 5.41) is 6.47. The SMILES string of the molecule is CCNC(=O)N1CCC2(CC1)N[C@H](Cc1ccccc1)C(=O)N2Cc1ccc(F)cc1.